The highest BCUT2D eigenvalue weighted by atomic mass is 35.5. The van der Waals surface area contributed by atoms with E-state index in [0.29, 0.717) is 22.0 Å². The highest BCUT2D eigenvalue weighted by molar-refractivity contribution is 7.71. The van der Waals surface area contributed by atoms with Crippen LogP contribution < -0.4 is 10.6 Å². The first-order valence-electron chi connectivity index (χ1n) is 6.36. The first kappa shape index (κ1) is 14.8. The fourth-order valence-electron chi connectivity index (χ4n) is 2.12. The highest BCUT2D eigenvalue weighted by Gasteiger charge is 2.21. The summed E-state index contributed by atoms with van der Waals surface area (Å²) in [6.07, 6.45) is 4.47. The molecule has 0 amide bonds. The minimum atomic E-state index is -2.62. The summed E-state index contributed by atoms with van der Waals surface area (Å²) in [6.45, 7) is 3.37. The van der Waals surface area contributed by atoms with E-state index in [-0.39, 0.29) is 11.2 Å². The summed E-state index contributed by atoms with van der Waals surface area (Å²) >= 11 is 5.76. The molecule has 22 heavy (non-hydrogen) atoms. The zero-order valence-corrected chi connectivity index (χ0v) is 13.5. The van der Waals surface area contributed by atoms with Crippen molar-refractivity contribution >= 4 is 46.7 Å². The Kier molecular flexibility index (Phi) is 3.76. The monoisotopic (exact) mass is 334 g/mol. The van der Waals surface area contributed by atoms with E-state index in [9.17, 15) is 4.57 Å². The van der Waals surface area contributed by atoms with Gasteiger partial charge < -0.3 is 9.88 Å². The fraction of sp³-hybridized carbons (Fsp3) is 0.154. The number of nitrogens with zero attached hydrogens (tertiary/aromatic N) is 5. The van der Waals surface area contributed by atoms with E-state index in [1.807, 2.05) is 0 Å². The lowest BCUT2D eigenvalue weighted by Crippen LogP contribution is -2.14. The van der Waals surface area contributed by atoms with E-state index in [1.165, 1.54) is 6.33 Å². The normalized spacial score (nSPS) is 11.6. The maximum Gasteiger partial charge on any atom is 0.231 e. The van der Waals surface area contributed by atoms with Crippen molar-refractivity contribution in [2.45, 2.75) is 0 Å². The van der Waals surface area contributed by atoms with E-state index < -0.39 is 7.14 Å². The third-order valence-electron chi connectivity index (χ3n) is 2.94. The van der Waals surface area contributed by atoms with Crippen LogP contribution in [0.4, 0.5) is 11.6 Å². The van der Waals surface area contributed by atoms with Gasteiger partial charge in [0.25, 0.3) is 0 Å². The van der Waals surface area contributed by atoms with Crippen LogP contribution >= 0.6 is 18.7 Å². The Morgan fingerprint density at radius 3 is 2.59 bits per heavy atom. The molecule has 112 valence electrons. The zero-order chi connectivity index (χ0) is 15.7. The van der Waals surface area contributed by atoms with Crippen molar-refractivity contribution in [3.63, 3.8) is 0 Å². The zero-order valence-electron chi connectivity index (χ0n) is 11.9. The van der Waals surface area contributed by atoms with Crippen LogP contribution in [0, 0.1) is 0 Å². The Balaban J connectivity index is 2.19. The Bertz CT molecular complexity index is 897. The van der Waals surface area contributed by atoms with Gasteiger partial charge in [-0.25, -0.2) is 9.97 Å². The summed E-state index contributed by atoms with van der Waals surface area (Å²) < 4.78 is 12.7. The maximum absolute atomic E-state index is 12.7. The molecule has 9 heteroatoms. The van der Waals surface area contributed by atoms with Crippen molar-refractivity contribution in [2.75, 3.05) is 18.6 Å². The van der Waals surface area contributed by atoms with Crippen molar-refractivity contribution in [3.8, 4) is 0 Å². The molecule has 0 radical (unpaired) electrons. The molecule has 0 atom stereocenters. The van der Waals surface area contributed by atoms with Gasteiger partial charge in [-0.2, -0.15) is 4.98 Å². The largest absolute Gasteiger partial charge is 0.323 e. The number of halogens is 1. The van der Waals surface area contributed by atoms with Gasteiger partial charge in [0.1, 0.15) is 19.0 Å². The van der Waals surface area contributed by atoms with Gasteiger partial charge in [-0.3, -0.25) is 9.97 Å². The van der Waals surface area contributed by atoms with Crippen molar-refractivity contribution in [1.29, 1.82) is 0 Å². The third-order valence-corrected chi connectivity index (χ3v) is 4.65. The molecular formula is C13H12ClN6OP. The molecule has 0 aliphatic heterocycles. The number of fused-ring (bicyclic) bond motifs is 1. The molecule has 0 saturated heterocycles. The maximum atomic E-state index is 12.7. The first-order chi connectivity index (χ1) is 10.4. The fourth-order valence-corrected chi connectivity index (χ4v) is 3.64. The number of anilines is 2. The molecule has 0 unspecified atom stereocenters. The van der Waals surface area contributed by atoms with Crippen LogP contribution in [0.5, 0.6) is 0 Å². The summed E-state index contributed by atoms with van der Waals surface area (Å²) in [5.74, 6) is 0.276. The van der Waals surface area contributed by atoms with Crippen molar-refractivity contribution in [3.05, 3.63) is 36.1 Å². The lowest BCUT2D eigenvalue weighted by atomic mass is 10.2. The van der Waals surface area contributed by atoms with Gasteiger partial charge >= 0.3 is 0 Å². The SMILES string of the molecule is CP(C)(=O)c1c(Nc2ncnc(Cl)n2)ccc2nccnc12. The van der Waals surface area contributed by atoms with Gasteiger partial charge in [0.15, 0.2) is 0 Å². The molecular weight excluding hydrogens is 323 g/mol. The molecule has 1 aromatic carbocycles. The number of hydrogen-bond donors (Lipinski definition) is 1. The molecule has 3 aromatic rings. The van der Waals surface area contributed by atoms with Gasteiger partial charge in [-0.15, -0.1) is 0 Å². The molecule has 0 saturated carbocycles. The van der Waals surface area contributed by atoms with Crippen molar-refractivity contribution in [1.82, 2.24) is 24.9 Å². The van der Waals surface area contributed by atoms with Gasteiger partial charge in [-0.05, 0) is 37.1 Å². The van der Waals surface area contributed by atoms with Crippen LogP contribution in [0.3, 0.4) is 0 Å². The molecule has 0 spiro atoms. The standard InChI is InChI=1S/C13H12ClN6OP/c1-22(2,21)11-9(19-13-18-7-17-12(14)20-13)4-3-8-10(11)16-6-5-15-8/h3-7H,1-2H3,(H,17,18,19,20). The van der Waals surface area contributed by atoms with E-state index >= 15 is 0 Å². The quantitative estimate of drug-likeness (QED) is 0.735. The summed E-state index contributed by atoms with van der Waals surface area (Å²) in [4.78, 5) is 20.3. The summed E-state index contributed by atoms with van der Waals surface area (Å²) in [7, 11) is -2.62. The van der Waals surface area contributed by atoms with Crippen LogP contribution in [0.15, 0.2) is 30.9 Å². The molecule has 0 aliphatic carbocycles. The minimum Gasteiger partial charge on any atom is -0.323 e. The van der Waals surface area contributed by atoms with Gasteiger partial charge in [-0.1, -0.05) is 0 Å². The first-order valence-corrected chi connectivity index (χ1v) is 9.34. The van der Waals surface area contributed by atoms with Gasteiger partial charge in [0.05, 0.1) is 16.5 Å². The number of benzene rings is 1. The predicted molar refractivity (Wildman–Crippen MR) is 86.7 cm³/mol. The summed E-state index contributed by atoms with van der Waals surface area (Å²) in [5, 5.41) is 3.71. The van der Waals surface area contributed by atoms with Crippen LogP contribution in [0.1, 0.15) is 0 Å². The van der Waals surface area contributed by atoms with Crippen molar-refractivity contribution in [2.24, 2.45) is 0 Å². The minimum absolute atomic E-state index is 0.0795. The van der Waals surface area contributed by atoms with Crippen LogP contribution in [-0.4, -0.2) is 38.2 Å². The average molecular weight is 335 g/mol. The van der Waals surface area contributed by atoms with Gasteiger partial charge in [0.2, 0.25) is 11.2 Å². The number of nitrogens with one attached hydrogen (secondary N) is 1. The lowest BCUT2D eigenvalue weighted by molar-refractivity contribution is 0.588. The number of aromatic nitrogens is 5. The highest BCUT2D eigenvalue weighted by Crippen LogP contribution is 2.40. The number of hydrogen-bond acceptors (Lipinski definition) is 7. The molecule has 0 bridgehead atoms. The Labute approximate surface area is 131 Å². The molecule has 3 rings (SSSR count). The average Bonchev–Trinajstić information content (AvgIpc) is 2.45. The van der Waals surface area contributed by atoms with Crippen LogP contribution in [0.25, 0.3) is 11.0 Å². The molecule has 2 aromatic heterocycles. The Morgan fingerprint density at radius 2 is 1.86 bits per heavy atom. The topological polar surface area (TPSA) is 93.6 Å². The van der Waals surface area contributed by atoms with Gasteiger partial charge in [0, 0.05) is 12.4 Å². The smallest absolute Gasteiger partial charge is 0.231 e. The summed E-state index contributed by atoms with van der Waals surface area (Å²) in [5.41, 5.74) is 1.89. The van der Waals surface area contributed by atoms with Crippen LogP contribution in [-0.2, 0) is 4.57 Å². The molecule has 1 N–H and O–H groups in total. The molecule has 7 nitrogen and oxygen atoms in total. The van der Waals surface area contributed by atoms with Crippen molar-refractivity contribution < 1.29 is 4.57 Å². The lowest BCUT2D eigenvalue weighted by Gasteiger charge is -2.16. The van der Waals surface area contributed by atoms with E-state index in [2.05, 4.69) is 30.2 Å². The van der Waals surface area contributed by atoms with E-state index in [4.69, 9.17) is 11.6 Å². The second kappa shape index (κ2) is 5.59. The Hall–Kier alpha value is -2.11. The Morgan fingerprint density at radius 1 is 1.09 bits per heavy atom. The number of rotatable bonds is 3. The van der Waals surface area contributed by atoms with Crippen LogP contribution in [0.2, 0.25) is 5.28 Å². The molecule has 0 aliphatic rings. The van der Waals surface area contributed by atoms with E-state index in [0.717, 1.165) is 0 Å². The predicted octanol–water partition coefficient (Wildman–Crippen LogP) is 2.46. The second-order valence-corrected chi connectivity index (χ2v) is 8.43. The van der Waals surface area contributed by atoms with E-state index in [1.54, 1.807) is 37.9 Å². The molecule has 0 fully saturated rings. The molecule has 2 heterocycles. The second-order valence-electron chi connectivity index (χ2n) is 4.94. The summed E-state index contributed by atoms with van der Waals surface area (Å²) in [6, 6.07) is 3.58. The third kappa shape index (κ3) is 2.91.